The van der Waals surface area contributed by atoms with Gasteiger partial charge in [0.25, 0.3) is 0 Å². The van der Waals surface area contributed by atoms with Crippen LogP contribution in [0.15, 0.2) is 23.0 Å². The van der Waals surface area contributed by atoms with Crippen molar-refractivity contribution in [2.75, 3.05) is 0 Å². The molecule has 0 aromatic carbocycles. The summed E-state index contributed by atoms with van der Waals surface area (Å²) in [5, 5.41) is -0.0570. The van der Waals surface area contributed by atoms with Gasteiger partial charge in [0.15, 0.2) is 6.29 Å². The molecule has 1 atom stereocenters. The SMILES string of the molecule is Cc1c(C(F)(F)F)c(F)n(C2C=C(F)C=C(Cl)C2)c1CCC(F)(F)C=O. The van der Waals surface area contributed by atoms with Gasteiger partial charge in [0.05, 0.1) is 6.04 Å². The van der Waals surface area contributed by atoms with E-state index in [-0.39, 0.29) is 11.5 Å². The number of rotatable bonds is 5. The third-order valence-corrected chi connectivity index (χ3v) is 4.31. The van der Waals surface area contributed by atoms with Crippen molar-refractivity contribution in [1.82, 2.24) is 4.57 Å². The van der Waals surface area contributed by atoms with Gasteiger partial charge < -0.3 is 4.57 Å². The van der Waals surface area contributed by atoms with E-state index in [1.54, 1.807) is 0 Å². The van der Waals surface area contributed by atoms with Gasteiger partial charge in [0.1, 0.15) is 11.4 Å². The first-order chi connectivity index (χ1) is 11.9. The second kappa shape index (κ2) is 7.09. The van der Waals surface area contributed by atoms with Gasteiger partial charge in [-0.05, 0) is 31.1 Å². The Labute approximate surface area is 148 Å². The second-order valence-corrected chi connectivity index (χ2v) is 6.38. The predicted molar refractivity (Wildman–Crippen MR) is 80.2 cm³/mol. The van der Waals surface area contributed by atoms with Gasteiger partial charge in [0, 0.05) is 23.6 Å². The highest BCUT2D eigenvalue weighted by atomic mass is 35.5. The monoisotopic (exact) mass is 403 g/mol. The molecule has 1 aromatic rings. The van der Waals surface area contributed by atoms with E-state index in [1.165, 1.54) is 0 Å². The van der Waals surface area contributed by atoms with Crippen molar-refractivity contribution in [2.45, 2.75) is 44.3 Å². The van der Waals surface area contributed by atoms with Crippen LogP contribution in [0.4, 0.5) is 30.7 Å². The molecule has 1 aliphatic rings. The van der Waals surface area contributed by atoms with Crippen molar-refractivity contribution in [1.29, 1.82) is 0 Å². The maximum absolute atomic E-state index is 14.6. The van der Waals surface area contributed by atoms with Crippen LogP contribution in [0.1, 0.15) is 35.7 Å². The quantitative estimate of drug-likeness (QED) is 0.460. The Morgan fingerprint density at radius 1 is 1.27 bits per heavy atom. The van der Waals surface area contributed by atoms with E-state index in [1.807, 2.05) is 0 Å². The summed E-state index contributed by atoms with van der Waals surface area (Å²) < 4.78 is 94.6. The number of alkyl halides is 5. The maximum atomic E-state index is 14.6. The zero-order valence-corrected chi connectivity index (χ0v) is 14.1. The second-order valence-electron chi connectivity index (χ2n) is 5.90. The Morgan fingerprint density at radius 3 is 2.38 bits per heavy atom. The minimum atomic E-state index is -5.07. The Bertz CT molecular complexity index is 777. The highest BCUT2D eigenvalue weighted by Crippen LogP contribution is 2.41. The number of carbonyl (C=O) groups excluding carboxylic acids is 1. The topological polar surface area (TPSA) is 22.0 Å². The van der Waals surface area contributed by atoms with Crippen LogP contribution in [-0.4, -0.2) is 16.8 Å². The summed E-state index contributed by atoms with van der Waals surface area (Å²) >= 11 is 5.73. The normalized spacial score (nSPS) is 18.6. The van der Waals surface area contributed by atoms with Gasteiger partial charge in [-0.25, -0.2) is 4.39 Å². The summed E-state index contributed by atoms with van der Waals surface area (Å²) in [6.45, 7) is 0.942. The molecule has 0 radical (unpaired) electrons. The number of carbonyl (C=O) groups is 1. The average molecular weight is 404 g/mol. The van der Waals surface area contributed by atoms with Crippen molar-refractivity contribution >= 4 is 17.9 Å². The first-order valence-electron chi connectivity index (χ1n) is 7.41. The van der Waals surface area contributed by atoms with Crippen LogP contribution in [0.5, 0.6) is 0 Å². The van der Waals surface area contributed by atoms with E-state index in [2.05, 4.69) is 0 Å². The molecule has 1 heterocycles. The molecule has 2 nitrogen and oxygen atoms in total. The number of aldehydes is 1. The molecule has 1 unspecified atom stereocenters. The lowest BCUT2D eigenvalue weighted by molar-refractivity contribution is -0.140. The highest BCUT2D eigenvalue weighted by Gasteiger charge is 2.42. The molecule has 0 spiro atoms. The van der Waals surface area contributed by atoms with E-state index in [9.17, 15) is 35.5 Å². The molecular weight excluding hydrogens is 391 g/mol. The maximum Gasteiger partial charge on any atom is 0.421 e. The summed E-state index contributed by atoms with van der Waals surface area (Å²) in [6.07, 6.45) is -5.94. The first kappa shape index (κ1) is 20.5. The summed E-state index contributed by atoms with van der Waals surface area (Å²) in [5.41, 5.74) is -2.59. The lowest BCUT2D eigenvalue weighted by Crippen LogP contribution is -2.21. The van der Waals surface area contributed by atoms with Crippen LogP contribution in [0, 0.1) is 12.9 Å². The third-order valence-electron chi connectivity index (χ3n) is 4.05. The van der Waals surface area contributed by atoms with Crippen molar-refractivity contribution in [2.24, 2.45) is 0 Å². The fraction of sp³-hybridized carbons (Fsp3) is 0.438. The van der Waals surface area contributed by atoms with Crippen LogP contribution in [-0.2, 0) is 17.4 Å². The minimum absolute atomic E-state index is 0.0570. The van der Waals surface area contributed by atoms with Gasteiger partial charge in [-0.2, -0.15) is 26.3 Å². The van der Waals surface area contributed by atoms with Crippen molar-refractivity contribution in [3.05, 3.63) is 45.8 Å². The molecule has 0 amide bonds. The number of hydrogen-bond acceptors (Lipinski definition) is 1. The van der Waals surface area contributed by atoms with Crippen LogP contribution in [0.25, 0.3) is 0 Å². The zero-order valence-electron chi connectivity index (χ0n) is 13.3. The summed E-state index contributed by atoms with van der Waals surface area (Å²) in [6, 6.07) is -1.25. The number of halogens is 8. The zero-order chi connectivity index (χ0) is 19.9. The van der Waals surface area contributed by atoms with Crippen molar-refractivity contribution < 1.29 is 35.5 Å². The van der Waals surface area contributed by atoms with Gasteiger partial charge in [-0.15, -0.1) is 0 Å². The molecule has 0 bridgehead atoms. The highest BCUT2D eigenvalue weighted by molar-refractivity contribution is 6.29. The van der Waals surface area contributed by atoms with Crippen LogP contribution >= 0.6 is 11.6 Å². The molecule has 26 heavy (non-hydrogen) atoms. The largest absolute Gasteiger partial charge is 0.421 e. The van der Waals surface area contributed by atoms with Gasteiger partial charge in [-0.1, -0.05) is 11.6 Å². The molecule has 1 aromatic heterocycles. The van der Waals surface area contributed by atoms with Crippen molar-refractivity contribution in [3.8, 4) is 0 Å². The molecule has 144 valence electrons. The molecule has 1 aliphatic carbocycles. The lowest BCUT2D eigenvalue weighted by atomic mass is 10.0. The van der Waals surface area contributed by atoms with Gasteiger partial charge in [0.2, 0.25) is 5.95 Å². The Morgan fingerprint density at radius 2 is 1.88 bits per heavy atom. The Kier molecular flexibility index (Phi) is 5.60. The number of aromatic nitrogens is 1. The fourth-order valence-electron chi connectivity index (χ4n) is 2.91. The standard InChI is InChI=1S/C16H13ClF7NO/c1-8-12(2-3-15(20,21)7-26)25(14(19)13(8)16(22,23)24)11-5-9(17)4-10(18)6-11/h4,6-7,11H,2-3,5H2,1H3. The predicted octanol–water partition coefficient (Wildman–Crippen LogP) is 5.64. The van der Waals surface area contributed by atoms with E-state index in [0.29, 0.717) is 4.57 Å². The minimum Gasteiger partial charge on any atom is -0.314 e. The van der Waals surface area contributed by atoms with Crippen LogP contribution in [0.2, 0.25) is 0 Å². The van der Waals surface area contributed by atoms with Crippen molar-refractivity contribution in [3.63, 3.8) is 0 Å². The summed E-state index contributed by atoms with van der Waals surface area (Å²) in [5.74, 6) is -6.36. The van der Waals surface area contributed by atoms with Crippen LogP contribution in [0.3, 0.4) is 0 Å². The number of nitrogens with zero attached hydrogens (tertiary/aromatic N) is 1. The molecule has 0 saturated carbocycles. The van der Waals surface area contributed by atoms with E-state index in [0.717, 1.165) is 19.1 Å². The number of hydrogen-bond donors (Lipinski definition) is 0. The summed E-state index contributed by atoms with van der Waals surface area (Å²) in [4.78, 5) is 10.3. The van der Waals surface area contributed by atoms with Gasteiger partial charge in [-0.3, -0.25) is 4.79 Å². The third kappa shape index (κ3) is 4.13. The Balaban J connectivity index is 2.58. The molecule has 0 N–H and O–H groups in total. The molecule has 0 aliphatic heterocycles. The van der Waals surface area contributed by atoms with E-state index in [4.69, 9.17) is 11.6 Å². The lowest BCUT2D eigenvalue weighted by Gasteiger charge is -2.22. The first-order valence-corrected chi connectivity index (χ1v) is 7.79. The van der Waals surface area contributed by atoms with E-state index < -0.39 is 65.9 Å². The molecule has 0 fully saturated rings. The smallest absolute Gasteiger partial charge is 0.314 e. The van der Waals surface area contributed by atoms with Crippen LogP contribution < -0.4 is 0 Å². The molecule has 2 rings (SSSR count). The summed E-state index contributed by atoms with van der Waals surface area (Å²) in [7, 11) is 0. The van der Waals surface area contributed by atoms with E-state index >= 15 is 0 Å². The Hall–Kier alpha value is -1.77. The molecule has 10 heteroatoms. The molecular formula is C16H13ClF7NO. The number of allylic oxidation sites excluding steroid dienone is 4. The fourth-order valence-corrected chi connectivity index (χ4v) is 3.17. The average Bonchev–Trinajstić information content (AvgIpc) is 2.74. The molecule has 0 saturated heterocycles. The van der Waals surface area contributed by atoms with Gasteiger partial charge >= 0.3 is 12.1 Å².